The SMILES string of the molecule is C=C(CCl)C1(C)COC1. The van der Waals surface area contributed by atoms with Crippen molar-refractivity contribution in [3.63, 3.8) is 0 Å². The fourth-order valence-corrected chi connectivity index (χ4v) is 1.10. The lowest BCUT2D eigenvalue weighted by molar-refractivity contribution is -0.0772. The Morgan fingerprint density at radius 1 is 1.78 bits per heavy atom. The summed E-state index contributed by atoms with van der Waals surface area (Å²) in [6, 6.07) is 0. The summed E-state index contributed by atoms with van der Waals surface area (Å²) < 4.78 is 5.04. The van der Waals surface area contributed by atoms with Crippen molar-refractivity contribution in [1.82, 2.24) is 0 Å². The molecule has 1 heterocycles. The van der Waals surface area contributed by atoms with Gasteiger partial charge in [-0.25, -0.2) is 0 Å². The van der Waals surface area contributed by atoms with Crippen molar-refractivity contribution in [1.29, 1.82) is 0 Å². The number of hydrogen-bond donors (Lipinski definition) is 0. The molecule has 1 saturated heterocycles. The van der Waals surface area contributed by atoms with Crippen LogP contribution in [0.2, 0.25) is 0 Å². The summed E-state index contributed by atoms with van der Waals surface area (Å²) in [5.74, 6) is 0.555. The van der Waals surface area contributed by atoms with E-state index in [2.05, 4.69) is 13.5 Å². The topological polar surface area (TPSA) is 9.23 Å². The summed E-state index contributed by atoms with van der Waals surface area (Å²) in [6.07, 6.45) is 0. The third kappa shape index (κ3) is 1.12. The Kier molecular flexibility index (Phi) is 1.83. The maximum atomic E-state index is 5.59. The zero-order valence-electron chi connectivity index (χ0n) is 5.61. The second-order valence-corrected chi connectivity index (χ2v) is 3.06. The quantitative estimate of drug-likeness (QED) is 0.427. The van der Waals surface area contributed by atoms with Gasteiger partial charge < -0.3 is 4.74 Å². The fourth-order valence-electron chi connectivity index (χ4n) is 0.774. The molecule has 0 aliphatic carbocycles. The smallest absolute Gasteiger partial charge is 0.0580 e. The molecule has 1 fully saturated rings. The monoisotopic (exact) mass is 146 g/mol. The van der Waals surface area contributed by atoms with Crippen LogP contribution in [-0.2, 0) is 4.74 Å². The highest BCUT2D eigenvalue weighted by atomic mass is 35.5. The molecule has 0 spiro atoms. The van der Waals surface area contributed by atoms with E-state index in [-0.39, 0.29) is 5.41 Å². The Bertz CT molecular complexity index is 127. The van der Waals surface area contributed by atoms with Crippen molar-refractivity contribution in [2.75, 3.05) is 19.1 Å². The lowest BCUT2D eigenvalue weighted by Crippen LogP contribution is -2.41. The van der Waals surface area contributed by atoms with Gasteiger partial charge in [0.15, 0.2) is 0 Å². The van der Waals surface area contributed by atoms with Crippen molar-refractivity contribution in [2.45, 2.75) is 6.92 Å². The zero-order valence-corrected chi connectivity index (χ0v) is 6.37. The first-order valence-corrected chi connectivity index (χ1v) is 3.54. The van der Waals surface area contributed by atoms with E-state index >= 15 is 0 Å². The Hall–Kier alpha value is -0.0100. The molecule has 0 saturated carbocycles. The first-order chi connectivity index (χ1) is 4.19. The standard InChI is InChI=1S/C7H11ClO/c1-6(3-8)7(2)4-9-5-7/h1,3-5H2,2H3. The molecule has 0 amide bonds. The summed E-state index contributed by atoms with van der Waals surface area (Å²) in [5, 5.41) is 0. The van der Waals surface area contributed by atoms with Gasteiger partial charge in [0.05, 0.1) is 13.2 Å². The van der Waals surface area contributed by atoms with Crippen LogP contribution < -0.4 is 0 Å². The Balaban J connectivity index is 2.49. The van der Waals surface area contributed by atoms with Crippen LogP contribution in [0.3, 0.4) is 0 Å². The van der Waals surface area contributed by atoms with Gasteiger partial charge in [0.25, 0.3) is 0 Å². The summed E-state index contributed by atoms with van der Waals surface area (Å²) >= 11 is 5.59. The lowest BCUT2D eigenvalue weighted by atomic mass is 9.82. The van der Waals surface area contributed by atoms with Crippen LogP contribution in [0, 0.1) is 5.41 Å². The second kappa shape index (κ2) is 2.31. The molecule has 0 aromatic heterocycles. The van der Waals surface area contributed by atoms with Gasteiger partial charge in [-0.15, -0.1) is 11.6 Å². The molecule has 0 atom stereocenters. The molecule has 52 valence electrons. The minimum Gasteiger partial charge on any atom is -0.379 e. The molecule has 1 nitrogen and oxygen atoms in total. The number of alkyl halides is 1. The maximum Gasteiger partial charge on any atom is 0.0580 e. The molecule has 0 aromatic rings. The number of rotatable bonds is 2. The molecule has 2 heteroatoms. The van der Waals surface area contributed by atoms with Gasteiger partial charge in [-0.2, -0.15) is 0 Å². The van der Waals surface area contributed by atoms with Crippen LogP contribution >= 0.6 is 11.6 Å². The van der Waals surface area contributed by atoms with E-state index in [1.54, 1.807) is 0 Å². The summed E-state index contributed by atoms with van der Waals surface area (Å²) in [5.41, 5.74) is 1.28. The molecule has 0 unspecified atom stereocenters. The molecule has 0 radical (unpaired) electrons. The van der Waals surface area contributed by atoms with Gasteiger partial charge in [0, 0.05) is 11.3 Å². The minimum atomic E-state index is 0.182. The highest BCUT2D eigenvalue weighted by molar-refractivity contribution is 6.19. The largest absolute Gasteiger partial charge is 0.379 e. The van der Waals surface area contributed by atoms with E-state index in [1.165, 1.54) is 0 Å². The Morgan fingerprint density at radius 2 is 2.33 bits per heavy atom. The Labute approximate surface area is 60.7 Å². The van der Waals surface area contributed by atoms with Gasteiger partial charge >= 0.3 is 0 Å². The van der Waals surface area contributed by atoms with Crippen molar-refractivity contribution in [3.05, 3.63) is 12.2 Å². The van der Waals surface area contributed by atoms with E-state index < -0.39 is 0 Å². The number of ether oxygens (including phenoxy) is 1. The van der Waals surface area contributed by atoms with E-state index in [9.17, 15) is 0 Å². The van der Waals surface area contributed by atoms with Crippen LogP contribution in [0.5, 0.6) is 0 Å². The van der Waals surface area contributed by atoms with Gasteiger partial charge in [0.2, 0.25) is 0 Å². The number of hydrogen-bond acceptors (Lipinski definition) is 1. The van der Waals surface area contributed by atoms with Gasteiger partial charge in [0.1, 0.15) is 0 Å². The third-order valence-electron chi connectivity index (χ3n) is 1.86. The van der Waals surface area contributed by atoms with E-state index in [1.807, 2.05) is 0 Å². The normalized spacial score (nSPS) is 22.9. The summed E-state index contributed by atoms with van der Waals surface area (Å²) in [6.45, 7) is 7.56. The molecule has 1 aliphatic rings. The minimum absolute atomic E-state index is 0.182. The Morgan fingerprint density at radius 3 is 2.44 bits per heavy atom. The van der Waals surface area contributed by atoms with Crippen LogP contribution in [-0.4, -0.2) is 19.1 Å². The molecule has 0 aromatic carbocycles. The first kappa shape index (κ1) is 7.10. The van der Waals surface area contributed by atoms with Crippen LogP contribution in [0.4, 0.5) is 0 Å². The maximum absolute atomic E-state index is 5.59. The van der Waals surface area contributed by atoms with Crippen LogP contribution in [0.15, 0.2) is 12.2 Å². The molecular weight excluding hydrogens is 136 g/mol. The molecule has 9 heavy (non-hydrogen) atoms. The summed E-state index contributed by atoms with van der Waals surface area (Å²) in [4.78, 5) is 0. The van der Waals surface area contributed by atoms with E-state index in [0.717, 1.165) is 18.8 Å². The van der Waals surface area contributed by atoms with Gasteiger partial charge in [-0.3, -0.25) is 0 Å². The van der Waals surface area contributed by atoms with Gasteiger partial charge in [-0.05, 0) is 0 Å². The van der Waals surface area contributed by atoms with Crippen molar-refractivity contribution in [2.24, 2.45) is 5.41 Å². The highest BCUT2D eigenvalue weighted by Crippen LogP contribution is 2.34. The average Bonchev–Trinajstić information content (AvgIpc) is 1.81. The second-order valence-electron chi connectivity index (χ2n) is 2.79. The number of halogens is 1. The zero-order chi connectivity index (χ0) is 6.91. The predicted molar refractivity (Wildman–Crippen MR) is 38.8 cm³/mol. The van der Waals surface area contributed by atoms with Crippen molar-refractivity contribution < 1.29 is 4.74 Å². The van der Waals surface area contributed by atoms with Crippen molar-refractivity contribution in [3.8, 4) is 0 Å². The summed E-state index contributed by atoms with van der Waals surface area (Å²) in [7, 11) is 0. The molecule has 1 rings (SSSR count). The van der Waals surface area contributed by atoms with Crippen molar-refractivity contribution >= 4 is 11.6 Å². The molecule has 0 N–H and O–H groups in total. The molecule has 0 bridgehead atoms. The lowest BCUT2D eigenvalue weighted by Gasteiger charge is -2.39. The van der Waals surface area contributed by atoms with Crippen LogP contribution in [0.1, 0.15) is 6.92 Å². The molecule has 1 aliphatic heterocycles. The highest BCUT2D eigenvalue weighted by Gasteiger charge is 2.35. The third-order valence-corrected chi connectivity index (χ3v) is 2.18. The van der Waals surface area contributed by atoms with E-state index in [4.69, 9.17) is 16.3 Å². The van der Waals surface area contributed by atoms with Crippen LogP contribution in [0.25, 0.3) is 0 Å². The predicted octanol–water partition coefficient (Wildman–Crippen LogP) is 1.82. The average molecular weight is 147 g/mol. The van der Waals surface area contributed by atoms with Gasteiger partial charge in [-0.1, -0.05) is 19.1 Å². The molecular formula is C7H11ClO. The fraction of sp³-hybridized carbons (Fsp3) is 0.714. The first-order valence-electron chi connectivity index (χ1n) is 3.01. The van der Waals surface area contributed by atoms with E-state index in [0.29, 0.717) is 5.88 Å².